The van der Waals surface area contributed by atoms with E-state index in [1.807, 2.05) is 6.92 Å². The Hall–Kier alpha value is -1.71. The Morgan fingerprint density at radius 1 is 1.50 bits per heavy atom. The first-order chi connectivity index (χ1) is 6.69. The van der Waals surface area contributed by atoms with E-state index in [2.05, 4.69) is 4.74 Å². The third-order valence-corrected chi connectivity index (χ3v) is 1.74. The number of anilines is 1. The Bertz CT molecular complexity index is 336. The molecule has 0 aliphatic carbocycles. The number of hydrogen-bond donors (Lipinski definition) is 1. The van der Waals surface area contributed by atoms with E-state index in [0.717, 1.165) is 0 Å². The smallest absolute Gasteiger partial charge is 0.339 e. The van der Waals surface area contributed by atoms with Crippen LogP contribution in [0.1, 0.15) is 17.3 Å². The zero-order chi connectivity index (χ0) is 10.6. The fraction of sp³-hybridized carbons (Fsp3) is 0.300. The molecule has 1 aromatic rings. The topological polar surface area (TPSA) is 61.5 Å². The van der Waals surface area contributed by atoms with Crippen molar-refractivity contribution in [2.45, 2.75) is 6.92 Å². The molecule has 0 unspecified atom stereocenters. The molecular formula is C10H13NO3. The molecule has 0 saturated heterocycles. The summed E-state index contributed by atoms with van der Waals surface area (Å²) < 4.78 is 9.78. The van der Waals surface area contributed by atoms with Crippen LogP contribution in [0.3, 0.4) is 0 Å². The molecule has 76 valence electrons. The molecule has 14 heavy (non-hydrogen) atoms. The lowest BCUT2D eigenvalue weighted by Crippen LogP contribution is -2.05. The van der Waals surface area contributed by atoms with Gasteiger partial charge in [-0.3, -0.25) is 0 Å². The molecule has 0 atom stereocenters. The number of esters is 1. The second kappa shape index (κ2) is 4.50. The van der Waals surface area contributed by atoms with Gasteiger partial charge < -0.3 is 15.2 Å². The molecule has 1 aromatic carbocycles. The van der Waals surface area contributed by atoms with E-state index in [1.54, 1.807) is 18.2 Å². The number of carbonyl (C=O) groups is 1. The molecule has 0 fully saturated rings. The van der Waals surface area contributed by atoms with E-state index in [9.17, 15) is 4.79 Å². The van der Waals surface area contributed by atoms with Crippen LogP contribution >= 0.6 is 0 Å². The van der Waals surface area contributed by atoms with E-state index in [1.165, 1.54) is 7.11 Å². The van der Waals surface area contributed by atoms with Crippen LogP contribution in [0.25, 0.3) is 0 Å². The van der Waals surface area contributed by atoms with Gasteiger partial charge in [-0.05, 0) is 19.1 Å². The Balaban J connectivity index is 2.95. The number of hydrogen-bond acceptors (Lipinski definition) is 4. The van der Waals surface area contributed by atoms with Crippen LogP contribution in [0, 0.1) is 0 Å². The summed E-state index contributed by atoms with van der Waals surface area (Å²) in [6, 6.07) is 4.88. The summed E-state index contributed by atoms with van der Waals surface area (Å²) >= 11 is 0. The van der Waals surface area contributed by atoms with Gasteiger partial charge in [0.15, 0.2) is 0 Å². The summed E-state index contributed by atoms with van der Waals surface area (Å²) in [7, 11) is 1.32. The first kappa shape index (κ1) is 10.4. The molecule has 0 saturated carbocycles. The van der Waals surface area contributed by atoms with Gasteiger partial charge in [-0.15, -0.1) is 0 Å². The molecule has 0 aliphatic rings. The van der Waals surface area contributed by atoms with Crippen molar-refractivity contribution in [2.75, 3.05) is 19.5 Å². The number of nitrogens with two attached hydrogens (primary N) is 1. The maximum Gasteiger partial charge on any atom is 0.339 e. The van der Waals surface area contributed by atoms with Crippen molar-refractivity contribution in [3.63, 3.8) is 0 Å². The lowest BCUT2D eigenvalue weighted by Gasteiger charge is -2.06. The van der Waals surface area contributed by atoms with E-state index in [4.69, 9.17) is 10.5 Å². The van der Waals surface area contributed by atoms with Gasteiger partial charge in [0.2, 0.25) is 0 Å². The highest BCUT2D eigenvalue weighted by Crippen LogP contribution is 2.20. The van der Waals surface area contributed by atoms with Crippen molar-refractivity contribution in [1.82, 2.24) is 0 Å². The van der Waals surface area contributed by atoms with Gasteiger partial charge in [0, 0.05) is 11.8 Å². The van der Waals surface area contributed by atoms with Crippen molar-refractivity contribution in [1.29, 1.82) is 0 Å². The normalized spacial score (nSPS) is 9.57. The minimum absolute atomic E-state index is 0.357. The Kier molecular flexibility index (Phi) is 3.34. The lowest BCUT2D eigenvalue weighted by atomic mass is 10.2. The number of rotatable bonds is 3. The number of carbonyl (C=O) groups excluding carboxylic acids is 1. The molecule has 1 rings (SSSR count). The van der Waals surface area contributed by atoms with Gasteiger partial charge in [-0.1, -0.05) is 0 Å². The van der Waals surface area contributed by atoms with Crippen molar-refractivity contribution in [2.24, 2.45) is 0 Å². The molecule has 0 heterocycles. The quantitative estimate of drug-likeness (QED) is 0.585. The Morgan fingerprint density at radius 3 is 2.71 bits per heavy atom. The fourth-order valence-corrected chi connectivity index (χ4v) is 1.09. The summed E-state index contributed by atoms with van der Waals surface area (Å²) in [5.41, 5.74) is 6.37. The van der Waals surface area contributed by atoms with Gasteiger partial charge in [0.25, 0.3) is 0 Å². The second-order valence-electron chi connectivity index (χ2n) is 2.67. The van der Waals surface area contributed by atoms with Crippen LogP contribution in [-0.2, 0) is 4.74 Å². The largest absolute Gasteiger partial charge is 0.494 e. The van der Waals surface area contributed by atoms with Crippen molar-refractivity contribution >= 4 is 11.7 Å². The van der Waals surface area contributed by atoms with Crippen LogP contribution in [0.5, 0.6) is 5.75 Å². The Morgan fingerprint density at radius 2 is 2.21 bits per heavy atom. The fourth-order valence-electron chi connectivity index (χ4n) is 1.09. The molecule has 0 aromatic heterocycles. The monoisotopic (exact) mass is 195 g/mol. The van der Waals surface area contributed by atoms with Gasteiger partial charge in [-0.2, -0.15) is 0 Å². The predicted octanol–water partition coefficient (Wildman–Crippen LogP) is 1.45. The zero-order valence-corrected chi connectivity index (χ0v) is 8.24. The average Bonchev–Trinajstić information content (AvgIpc) is 2.17. The maximum atomic E-state index is 11.2. The molecule has 4 heteroatoms. The highest BCUT2D eigenvalue weighted by Gasteiger charge is 2.09. The minimum atomic E-state index is -0.439. The number of benzene rings is 1. The number of nitrogen functional groups attached to an aromatic ring is 1. The highest BCUT2D eigenvalue weighted by molar-refractivity contribution is 5.95. The van der Waals surface area contributed by atoms with E-state index < -0.39 is 5.97 Å². The summed E-state index contributed by atoms with van der Waals surface area (Å²) in [5, 5.41) is 0. The summed E-state index contributed by atoms with van der Waals surface area (Å²) in [6.45, 7) is 2.45. The predicted molar refractivity (Wildman–Crippen MR) is 53.4 cm³/mol. The third kappa shape index (κ3) is 2.16. The highest BCUT2D eigenvalue weighted by atomic mass is 16.5. The van der Waals surface area contributed by atoms with E-state index in [-0.39, 0.29) is 0 Å². The molecule has 0 radical (unpaired) electrons. The summed E-state index contributed by atoms with van der Waals surface area (Å²) in [4.78, 5) is 11.2. The number of methoxy groups -OCH3 is 1. The molecule has 0 aliphatic heterocycles. The maximum absolute atomic E-state index is 11.2. The molecule has 0 bridgehead atoms. The average molecular weight is 195 g/mol. The first-order valence-corrected chi connectivity index (χ1v) is 4.29. The van der Waals surface area contributed by atoms with Crippen molar-refractivity contribution < 1.29 is 14.3 Å². The zero-order valence-electron chi connectivity index (χ0n) is 8.24. The van der Waals surface area contributed by atoms with Crippen molar-refractivity contribution in [3.8, 4) is 5.75 Å². The van der Waals surface area contributed by atoms with Gasteiger partial charge in [0.05, 0.1) is 19.3 Å². The lowest BCUT2D eigenvalue weighted by molar-refractivity contribution is 0.0602. The number of ether oxygens (including phenoxy) is 2. The van der Waals surface area contributed by atoms with Crippen molar-refractivity contribution in [3.05, 3.63) is 23.8 Å². The van der Waals surface area contributed by atoms with Gasteiger partial charge in [-0.25, -0.2) is 4.79 Å². The first-order valence-electron chi connectivity index (χ1n) is 4.29. The third-order valence-electron chi connectivity index (χ3n) is 1.74. The van der Waals surface area contributed by atoms with Gasteiger partial charge >= 0.3 is 5.97 Å². The van der Waals surface area contributed by atoms with Crippen LogP contribution in [0.15, 0.2) is 18.2 Å². The van der Waals surface area contributed by atoms with Crippen LogP contribution in [-0.4, -0.2) is 19.7 Å². The minimum Gasteiger partial charge on any atom is -0.494 e. The SMILES string of the molecule is CCOc1ccc(C(=O)OC)c(N)c1. The molecular weight excluding hydrogens is 182 g/mol. The Labute approximate surface area is 82.6 Å². The van der Waals surface area contributed by atoms with E-state index >= 15 is 0 Å². The molecule has 2 N–H and O–H groups in total. The second-order valence-corrected chi connectivity index (χ2v) is 2.67. The summed E-state index contributed by atoms with van der Waals surface area (Å²) in [5.74, 6) is 0.211. The van der Waals surface area contributed by atoms with Gasteiger partial charge in [0.1, 0.15) is 5.75 Å². The molecule has 0 spiro atoms. The van der Waals surface area contributed by atoms with Crippen LogP contribution < -0.4 is 10.5 Å². The van der Waals surface area contributed by atoms with Crippen LogP contribution in [0.2, 0.25) is 0 Å². The standard InChI is InChI=1S/C10H13NO3/c1-3-14-7-4-5-8(9(11)6-7)10(12)13-2/h4-6H,3,11H2,1-2H3. The summed E-state index contributed by atoms with van der Waals surface area (Å²) in [6.07, 6.45) is 0. The van der Waals surface area contributed by atoms with Crippen LogP contribution in [0.4, 0.5) is 5.69 Å². The molecule has 0 amide bonds. The van der Waals surface area contributed by atoms with E-state index in [0.29, 0.717) is 23.6 Å². The molecule has 4 nitrogen and oxygen atoms in total.